The molecule has 0 saturated carbocycles. The van der Waals surface area contributed by atoms with Gasteiger partial charge < -0.3 is 15.0 Å². The van der Waals surface area contributed by atoms with Crippen LogP contribution in [-0.4, -0.2) is 36.7 Å². The van der Waals surface area contributed by atoms with Gasteiger partial charge in [0.05, 0.1) is 6.10 Å². The SMILES string of the molecule is C[C@@H]1CN(C(=O)NCc2ccccc2Br)CCCO1. The van der Waals surface area contributed by atoms with Crippen LogP contribution in [0.1, 0.15) is 18.9 Å². The molecule has 1 atom stereocenters. The third-order valence-corrected chi connectivity index (χ3v) is 3.90. The lowest BCUT2D eigenvalue weighted by atomic mass is 10.2. The lowest BCUT2D eigenvalue weighted by Crippen LogP contribution is -2.42. The van der Waals surface area contributed by atoms with E-state index in [0.717, 1.165) is 29.6 Å². The first-order valence-corrected chi connectivity index (χ1v) is 7.34. The van der Waals surface area contributed by atoms with Crippen LogP contribution in [-0.2, 0) is 11.3 Å². The van der Waals surface area contributed by atoms with Crippen LogP contribution in [0.3, 0.4) is 0 Å². The maximum absolute atomic E-state index is 12.1. The quantitative estimate of drug-likeness (QED) is 0.907. The van der Waals surface area contributed by atoms with Crippen molar-refractivity contribution in [3.8, 4) is 0 Å². The minimum absolute atomic E-state index is 0.0203. The van der Waals surface area contributed by atoms with Gasteiger partial charge in [-0.25, -0.2) is 4.79 Å². The molecule has 4 nitrogen and oxygen atoms in total. The predicted octanol–water partition coefficient (Wildman–Crippen LogP) is 2.77. The van der Waals surface area contributed by atoms with Crippen LogP contribution in [0.2, 0.25) is 0 Å². The first-order valence-electron chi connectivity index (χ1n) is 6.54. The second kappa shape index (κ2) is 6.91. The van der Waals surface area contributed by atoms with Crippen molar-refractivity contribution >= 4 is 22.0 Å². The highest BCUT2D eigenvalue weighted by Gasteiger charge is 2.19. The number of ether oxygens (including phenoxy) is 1. The van der Waals surface area contributed by atoms with E-state index in [1.165, 1.54) is 0 Å². The summed E-state index contributed by atoms with van der Waals surface area (Å²) in [7, 11) is 0. The number of nitrogens with zero attached hydrogens (tertiary/aromatic N) is 1. The molecule has 1 saturated heterocycles. The monoisotopic (exact) mass is 326 g/mol. The van der Waals surface area contributed by atoms with Gasteiger partial charge in [0.25, 0.3) is 0 Å². The van der Waals surface area contributed by atoms with Gasteiger partial charge in [0.1, 0.15) is 0 Å². The van der Waals surface area contributed by atoms with E-state index >= 15 is 0 Å². The summed E-state index contributed by atoms with van der Waals surface area (Å²) in [6.07, 6.45) is 1.00. The summed E-state index contributed by atoms with van der Waals surface area (Å²) in [5, 5.41) is 2.96. The van der Waals surface area contributed by atoms with E-state index in [4.69, 9.17) is 4.74 Å². The molecule has 0 aliphatic carbocycles. The number of carbonyl (C=O) groups excluding carboxylic acids is 1. The van der Waals surface area contributed by atoms with Gasteiger partial charge >= 0.3 is 6.03 Å². The largest absolute Gasteiger partial charge is 0.377 e. The van der Waals surface area contributed by atoms with Crippen molar-refractivity contribution in [2.45, 2.75) is 26.0 Å². The predicted molar refractivity (Wildman–Crippen MR) is 78.0 cm³/mol. The molecule has 1 aromatic carbocycles. The highest BCUT2D eigenvalue weighted by atomic mass is 79.9. The smallest absolute Gasteiger partial charge is 0.317 e. The standard InChI is InChI=1S/C14H19BrN2O2/c1-11-10-17(7-4-8-19-11)14(18)16-9-12-5-2-3-6-13(12)15/h2-3,5-6,11H,4,7-10H2,1H3,(H,16,18)/t11-/m1/s1. The lowest BCUT2D eigenvalue weighted by Gasteiger charge is -2.22. The second-order valence-corrected chi connectivity index (χ2v) is 5.59. The minimum Gasteiger partial charge on any atom is -0.377 e. The molecule has 0 unspecified atom stereocenters. The molecule has 0 spiro atoms. The molecular formula is C14H19BrN2O2. The number of amides is 2. The van der Waals surface area contributed by atoms with Gasteiger partial charge in [-0.1, -0.05) is 34.1 Å². The number of nitrogens with one attached hydrogen (secondary N) is 1. The highest BCUT2D eigenvalue weighted by Crippen LogP contribution is 2.15. The Morgan fingerprint density at radius 1 is 1.53 bits per heavy atom. The fourth-order valence-electron chi connectivity index (χ4n) is 2.10. The molecule has 5 heteroatoms. The van der Waals surface area contributed by atoms with E-state index in [-0.39, 0.29) is 12.1 Å². The summed E-state index contributed by atoms with van der Waals surface area (Å²) in [6.45, 7) is 4.68. The summed E-state index contributed by atoms with van der Waals surface area (Å²) in [5.74, 6) is 0. The lowest BCUT2D eigenvalue weighted by molar-refractivity contribution is 0.0710. The Morgan fingerprint density at radius 3 is 3.11 bits per heavy atom. The Kier molecular flexibility index (Phi) is 5.22. The van der Waals surface area contributed by atoms with Crippen LogP contribution >= 0.6 is 15.9 Å². The third-order valence-electron chi connectivity index (χ3n) is 3.13. The molecule has 1 N–H and O–H groups in total. The second-order valence-electron chi connectivity index (χ2n) is 4.73. The summed E-state index contributed by atoms with van der Waals surface area (Å²) >= 11 is 3.48. The summed E-state index contributed by atoms with van der Waals surface area (Å²) in [6, 6.07) is 7.88. The number of hydrogen-bond donors (Lipinski definition) is 1. The van der Waals surface area contributed by atoms with Crippen LogP contribution in [0.5, 0.6) is 0 Å². The first-order chi connectivity index (χ1) is 9.16. The van der Waals surface area contributed by atoms with E-state index < -0.39 is 0 Å². The molecular weight excluding hydrogens is 308 g/mol. The van der Waals surface area contributed by atoms with Crippen molar-refractivity contribution in [1.82, 2.24) is 10.2 Å². The van der Waals surface area contributed by atoms with Crippen molar-refractivity contribution in [3.05, 3.63) is 34.3 Å². The number of hydrogen-bond acceptors (Lipinski definition) is 2. The number of rotatable bonds is 2. The highest BCUT2D eigenvalue weighted by molar-refractivity contribution is 9.10. The van der Waals surface area contributed by atoms with Gasteiger partial charge in [-0.05, 0) is 25.0 Å². The summed E-state index contributed by atoms with van der Waals surface area (Å²) < 4.78 is 6.55. The average molecular weight is 327 g/mol. The normalized spacial score (nSPS) is 19.9. The Hall–Kier alpha value is -1.07. The fraction of sp³-hybridized carbons (Fsp3) is 0.500. The van der Waals surface area contributed by atoms with Gasteiger partial charge in [0.15, 0.2) is 0 Å². The Balaban J connectivity index is 1.88. The zero-order chi connectivity index (χ0) is 13.7. The van der Waals surface area contributed by atoms with Crippen molar-refractivity contribution in [2.75, 3.05) is 19.7 Å². The van der Waals surface area contributed by atoms with Crippen molar-refractivity contribution in [2.24, 2.45) is 0 Å². The maximum atomic E-state index is 12.1. The van der Waals surface area contributed by atoms with E-state index in [2.05, 4.69) is 21.2 Å². The number of urea groups is 1. The Bertz CT molecular complexity index is 439. The van der Waals surface area contributed by atoms with Crippen LogP contribution in [0.4, 0.5) is 4.79 Å². The first kappa shape index (κ1) is 14.3. The van der Waals surface area contributed by atoms with E-state index in [9.17, 15) is 4.79 Å². The van der Waals surface area contributed by atoms with E-state index in [1.807, 2.05) is 36.1 Å². The molecule has 1 aromatic rings. The summed E-state index contributed by atoms with van der Waals surface area (Å²) in [4.78, 5) is 14.0. The molecule has 0 aromatic heterocycles. The molecule has 2 amide bonds. The Labute approximate surface area is 122 Å². The van der Waals surface area contributed by atoms with Gasteiger partial charge in [-0.3, -0.25) is 0 Å². The van der Waals surface area contributed by atoms with Gasteiger partial charge in [-0.15, -0.1) is 0 Å². The topological polar surface area (TPSA) is 41.6 Å². The average Bonchev–Trinajstić information content (AvgIpc) is 2.62. The van der Waals surface area contributed by atoms with Crippen molar-refractivity contribution in [1.29, 1.82) is 0 Å². The molecule has 19 heavy (non-hydrogen) atoms. The van der Waals surface area contributed by atoms with Crippen molar-refractivity contribution < 1.29 is 9.53 Å². The van der Waals surface area contributed by atoms with Gasteiger partial charge in [0, 0.05) is 30.7 Å². The van der Waals surface area contributed by atoms with E-state index in [1.54, 1.807) is 0 Å². The minimum atomic E-state index is -0.0203. The van der Waals surface area contributed by atoms with Crippen molar-refractivity contribution in [3.63, 3.8) is 0 Å². The van der Waals surface area contributed by atoms with Crippen LogP contribution in [0.25, 0.3) is 0 Å². The maximum Gasteiger partial charge on any atom is 0.317 e. The molecule has 104 valence electrons. The molecule has 1 fully saturated rings. The third kappa shape index (κ3) is 4.21. The molecule has 1 aliphatic heterocycles. The van der Waals surface area contributed by atoms with Crippen LogP contribution in [0.15, 0.2) is 28.7 Å². The number of halogens is 1. The molecule has 1 aliphatic rings. The molecule has 0 bridgehead atoms. The van der Waals surface area contributed by atoms with Crippen LogP contribution < -0.4 is 5.32 Å². The number of benzene rings is 1. The number of carbonyl (C=O) groups is 1. The van der Waals surface area contributed by atoms with Gasteiger partial charge in [0.2, 0.25) is 0 Å². The molecule has 1 heterocycles. The molecule has 0 radical (unpaired) electrons. The Morgan fingerprint density at radius 2 is 2.32 bits per heavy atom. The zero-order valence-electron chi connectivity index (χ0n) is 11.1. The molecule has 2 rings (SSSR count). The van der Waals surface area contributed by atoms with Crippen LogP contribution in [0, 0.1) is 0 Å². The zero-order valence-corrected chi connectivity index (χ0v) is 12.6. The van der Waals surface area contributed by atoms with Gasteiger partial charge in [-0.2, -0.15) is 0 Å². The fourth-order valence-corrected chi connectivity index (χ4v) is 2.53. The van der Waals surface area contributed by atoms with E-state index in [0.29, 0.717) is 13.1 Å². The summed E-state index contributed by atoms with van der Waals surface area (Å²) in [5.41, 5.74) is 1.08.